The molecule has 1 aromatic rings. The molecule has 0 aliphatic carbocycles. The van der Waals surface area contributed by atoms with E-state index in [9.17, 15) is 4.79 Å². The van der Waals surface area contributed by atoms with E-state index in [1.165, 1.54) is 0 Å². The molecule has 0 bridgehead atoms. The van der Waals surface area contributed by atoms with Crippen LogP contribution >= 0.6 is 0 Å². The summed E-state index contributed by atoms with van der Waals surface area (Å²) in [6.07, 6.45) is 3.10. The molecule has 2 aliphatic rings. The first-order valence-corrected chi connectivity index (χ1v) is 8.80. The van der Waals surface area contributed by atoms with Gasteiger partial charge in [0.2, 0.25) is 0 Å². The number of rotatable bonds is 4. The topological polar surface area (TPSA) is 61.5 Å². The monoisotopic (exact) mass is 320 g/mol. The second-order valence-electron chi connectivity index (χ2n) is 6.69. The lowest BCUT2D eigenvalue weighted by molar-refractivity contribution is -0.00399. The quantitative estimate of drug-likeness (QED) is 0.897. The molecule has 6 nitrogen and oxygen atoms in total. The Labute approximate surface area is 137 Å². The maximum absolute atomic E-state index is 11.7. The Morgan fingerprint density at radius 2 is 2.13 bits per heavy atom. The molecular weight excluding hydrogens is 292 g/mol. The highest BCUT2D eigenvalue weighted by Gasteiger charge is 2.29. The average molecular weight is 320 g/mol. The molecule has 1 atom stereocenters. The summed E-state index contributed by atoms with van der Waals surface area (Å²) in [7, 11) is 0. The third-order valence-corrected chi connectivity index (χ3v) is 5.06. The molecule has 3 rings (SSSR count). The van der Waals surface area contributed by atoms with E-state index in [0.717, 1.165) is 70.2 Å². The van der Waals surface area contributed by atoms with Crippen LogP contribution in [0.4, 0.5) is 0 Å². The van der Waals surface area contributed by atoms with Crippen LogP contribution < -0.4 is 5.56 Å². The molecule has 0 radical (unpaired) electrons. The largest absolute Gasteiger partial charge is 0.381 e. The standard InChI is InChI=1S/C17H28N4O2/c1-3-14-10-17(22)19-16(18-14)12-20-6-7-21(11-13(20)2)15-4-8-23-9-5-15/h10,13,15H,3-9,11-12H2,1-2H3,(H,18,19,22)/t13-/m1/s1. The van der Waals surface area contributed by atoms with E-state index in [-0.39, 0.29) is 5.56 Å². The van der Waals surface area contributed by atoms with Gasteiger partial charge in [0.25, 0.3) is 5.56 Å². The highest BCUT2D eigenvalue weighted by atomic mass is 16.5. The number of H-pyrrole nitrogens is 1. The summed E-state index contributed by atoms with van der Waals surface area (Å²) < 4.78 is 5.47. The van der Waals surface area contributed by atoms with Gasteiger partial charge in [-0.05, 0) is 26.2 Å². The van der Waals surface area contributed by atoms with Gasteiger partial charge in [0, 0.05) is 56.7 Å². The van der Waals surface area contributed by atoms with Gasteiger partial charge in [0.15, 0.2) is 0 Å². The zero-order chi connectivity index (χ0) is 16.2. The van der Waals surface area contributed by atoms with Crippen LogP contribution in [0, 0.1) is 0 Å². The van der Waals surface area contributed by atoms with E-state index in [2.05, 4.69) is 26.7 Å². The lowest BCUT2D eigenvalue weighted by Gasteiger charge is -2.44. The van der Waals surface area contributed by atoms with Crippen LogP contribution in [0.5, 0.6) is 0 Å². The maximum atomic E-state index is 11.7. The summed E-state index contributed by atoms with van der Waals surface area (Å²) >= 11 is 0. The Kier molecular flexibility index (Phi) is 5.46. The summed E-state index contributed by atoms with van der Waals surface area (Å²) in [5.74, 6) is 0.792. The van der Waals surface area contributed by atoms with Gasteiger partial charge in [-0.1, -0.05) is 6.92 Å². The van der Waals surface area contributed by atoms with Gasteiger partial charge in [-0.25, -0.2) is 4.98 Å². The van der Waals surface area contributed by atoms with Crippen LogP contribution in [0.25, 0.3) is 0 Å². The Morgan fingerprint density at radius 1 is 1.35 bits per heavy atom. The molecule has 1 N–H and O–H groups in total. The number of aryl methyl sites for hydroxylation is 1. The third kappa shape index (κ3) is 4.19. The molecule has 3 heterocycles. The Bertz CT molecular complexity index is 568. The van der Waals surface area contributed by atoms with Crippen molar-refractivity contribution in [3.63, 3.8) is 0 Å². The highest BCUT2D eigenvalue weighted by Crippen LogP contribution is 2.20. The fourth-order valence-electron chi connectivity index (χ4n) is 3.65. The minimum Gasteiger partial charge on any atom is -0.381 e. The first-order chi connectivity index (χ1) is 11.2. The van der Waals surface area contributed by atoms with Crippen molar-refractivity contribution >= 4 is 0 Å². The zero-order valence-electron chi connectivity index (χ0n) is 14.3. The van der Waals surface area contributed by atoms with Crippen molar-refractivity contribution in [3.05, 3.63) is 27.9 Å². The van der Waals surface area contributed by atoms with Gasteiger partial charge in [0.05, 0.1) is 6.54 Å². The van der Waals surface area contributed by atoms with Crippen LogP contribution in [0.3, 0.4) is 0 Å². The molecular formula is C17H28N4O2. The molecule has 1 aromatic heterocycles. The SMILES string of the molecule is CCc1cc(=O)[nH]c(CN2CCN(C3CCOCC3)C[C@H]2C)n1. The summed E-state index contributed by atoms with van der Waals surface area (Å²) in [6, 6.07) is 2.74. The summed E-state index contributed by atoms with van der Waals surface area (Å²) in [6.45, 7) is 10.0. The van der Waals surface area contributed by atoms with Gasteiger partial charge >= 0.3 is 0 Å². The van der Waals surface area contributed by atoms with E-state index < -0.39 is 0 Å². The van der Waals surface area contributed by atoms with E-state index >= 15 is 0 Å². The minimum absolute atomic E-state index is 0.0413. The molecule has 23 heavy (non-hydrogen) atoms. The maximum Gasteiger partial charge on any atom is 0.251 e. The van der Waals surface area contributed by atoms with Crippen LogP contribution in [-0.4, -0.2) is 64.7 Å². The van der Waals surface area contributed by atoms with Crippen LogP contribution in [0.15, 0.2) is 10.9 Å². The summed E-state index contributed by atoms with van der Waals surface area (Å²) in [5.41, 5.74) is 0.831. The first-order valence-electron chi connectivity index (χ1n) is 8.80. The number of piperazine rings is 1. The molecule has 0 aromatic carbocycles. The molecule has 2 saturated heterocycles. The Balaban J connectivity index is 1.60. The molecule has 2 fully saturated rings. The summed E-state index contributed by atoms with van der Waals surface area (Å²) in [4.78, 5) is 24.2. The van der Waals surface area contributed by atoms with Gasteiger partial charge in [-0.2, -0.15) is 0 Å². The molecule has 0 saturated carbocycles. The number of aromatic nitrogens is 2. The molecule has 6 heteroatoms. The second kappa shape index (κ2) is 7.55. The van der Waals surface area contributed by atoms with Crippen LogP contribution in [-0.2, 0) is 17.7 Å². The van der Waals surface area contributed by atoms with Gasteiger partial charge in [-0.15, -0.1) is 0 Å². The minimum atomic E-state index is -0.0413. The fourth-order valence-corrected chi connectivity index (χ4v) is 3.65. The van der Waals surface area contributed by atoms with Gasteiger partial charge in [0.1, 0.15) is 5.82 Å². The molecule has 128 valence electrons. The van der Waals surface area contributed by atoms with Crippen molar-refractivity contribution in [2.24, 2.45) is 0 Å². The van der Waals surface area contributed by atoms with Crippen molar-refractivity contribution in [3.8, 4) is 0 Å². The lowest BCUT2D eigenvalue weighted by atomic mass is 10.0. The van der Waals surface area contributed by atoms with Crippen molar-refractivity contribution in [2.75, 3.05) is 32.8 Å². The summed E-state index contributed by atoms with van der Waals surface area (Å²) in [5, 5.41) is 0. The van der Waals surface area contributed by atoms with E-state index in [1.807, 2.05) is 6.92 Å². The number of aromatic amines is 1. The normalized spacial score (nSPS) is 24.9. The average Bonchev–Trinajstić information content (AvgIpc) is 2.57. The number of nitrogens with one attached hydrogen (secondary N) is 1. The molecule has 2 aliphatic heterocycles. The van der Waals surface area contributed by atoms with Crippen molar-refractivity contribution in [1.29, 1.82) is 0 Å². The van der Waals surface area contributed by atoms with E-state index in [0.29, 0.717) is 12.1 Å². The van der Waals surface area contributed by atoms with Gasteiger partial charge in [-0.3, -0.25) is 14.6 Å². The van der Waals surface area contributed by atoms with Crippen molar-refractivity contribution < 1.29 is 4.74 Å². The molecule has 0 spiro atoms. The molecule has 0 unspecified atom stereocenters. The highest BCUT2D eigenvalue weighted by molar-refractivity contribution is 5.03. The zero-order valence-corrected chi connectivity index (χ0v) is 14.3. The molecule has 0 amide bonds. The van der Waals surface area contributed by atoms with E-state index in [1.54, 1.807) is 6.07 Å². The third-order valence-electron chi connectivity index (χ3n) is 5.06. The predicted molar refractivity (Wildman–Crippen MR) is 89.5 cm³/mol. The van der Waals surface area contributed by atoms with Crippen LogP contribution in [0.2, 0.25) is 0 Å². The fraction of sp³-hybridized carbons (Fsp3) is 0.765. The number of hydrogen-bond acceptors (Lipinski definition) is 5. The first kappa shape index (κ1) is 16.6. The van der Waals surface area contributed by atoms with Crippen molar-refractivity contribution in [2.45, 2.75) is 51.7 Å². The smallest absolute Gasteiger partial charge is 0.251 e. The number of ether oxygens (including phenoxy) is 1. The Morgan fingerprint density at radius 3 is 2.83 bits per heavy atom. The lowest BCUT2D eigenvalue weighted by Crippen LogP contribution is -2.55. The van der Waals surface area contributed by atoms with Crippen LogP contribution in [0.1, 0.15) is 38.2 Å². The predicted octanol–water partition coefficient (Wildman–Crippen LogP) is 1.02. The number of nitrogens with zero attached hydrogens (tertiary/aromatic N) is 3. The number of hydrogen-bond donors (Lipinski definition) is 1. The Hall–Kier alpha value is -1.24. The van der Waals surface area contributed by atoms with Gasteiger partial charge < -0.3 is 9.72 Å². The van der Waals surface area contributed by atoms with Crippen molar-refractivity contribution in [1.82, 2.24) is 19.8 Å². The van der Waals surface area contributed by atoms with E-state index in [4.69, 9.17) is 4.74 Å². The second-order valence-corrected chi connectivity index (χ2v) is 6.69.